The van der Waals surface area contributed by atoms with Crippen LogP contribution in [0.2, 0.25) is 0 Å². The van der Waals surface area contributed by atoms with Crippen LogP contribution < -0.4 is 5.32 Å². The van der Waals surface area contributed by atoms with Crippen LogP contribution in [0.3, 0.4) is 0 Å². The summed E-state index contributed by atoms with van der Waals surface area (Å²) in [5, 5.41) is 7.53. The van der Waals surface area contributed by atoms with E-state index in [-0.39, 0.29) is 11.4 Å². The van der Waals surface area contributed by atoms with Crippen molar-refractivity contribution in [2.75, 3.05) is 25.0 Å². The average Bonchev–Trinajstić information content (AvgIpc) is 2.67. The molecule has 0 bridgehead atoms. The smallest absolute Gasteiger partial charge is 0.239 e. The van der Waals surface area contributed by atoms with Crippen molar-refractivity contribution in [3.05, 3.63) is 11.8 Å². The van der Waals surface area contributed by atoms with Crippen LogP contribution in [0.5, 0.6) is 0 Å². The molecule has 1 N–H and O–H groups in total. The minimum absolute atomic E-state index is 0.0247. The number of nitrogens with zero attached hydrogens (tertiary/aromatic N) is 3. The van der Waals surface area contributed by atoms with Crippen molar-refractivity contribution in [3.63, 3.8) is 0 Å². The highest BCUT2D eigenvalue weighted by Crippen LogP contribution is 2.21. The average molecular weight is 322 g/mol. The summed E-state index contributed by atoms with van der Waals surface area (Å²) in [6.45, 7) is 19.2. The van der Waals surface area contributed by atoms with E-state index in [9.17, 15) is 4.79 Å². The van der Waals surface area contributed by atoms with E-state index in [2.05, 4.69) is 63.8 Å². The van der Waals surface area contributed by atoms with Crippen LogP contribution in [0.25, 0.3) is 0 Å². The fourth-order valence-electron chi connectivity index (χ4n) is 2.72. The molecular weight excluding hydrogens is 288 g/mol. The Kier molecular flexibility index (Phi) is 6.81. The number of hydrogen-bond donors (Lipinski definition) is 1. The predicted octanol–water partition coefficient (Wildman–Crippen LogP) is 3.50. The number of carbonyl (C=O) groups excluding carboxylic acids is 1. The Bertz CT molecular complexity index is 502. The summed E-state index contributed by atoms with van der Waals surface area (Å²) >= 11 is 0. The quantitative estimate of drug-likeness (QED) is 0.836. The Hall–Kier alpha value is -1.36. The number of rotatable bonds is 7. The summed E-state index contributed by atoms with van der Waals surface area (Å²) in [5.74, 6) is 1.89. The first-order valence-electron chi connectivity index (χ1n) is 8.58. The second kappa shape index (κ2) is 7.95. The topological polar surface area (TPSA) is 50.2 Å². The zero-order valence-corrected chi connectivity index (χ0v) is 16.1. The van der Waals surface area contributed by atoms with Crippen molar-refractivity contribution in [3.8, 4) is 0 Å². The molecule has 0 saturated carbocycles. The summed E-state index contributed by atoms with van der Waals surface area (Å²) in [5.41, 5.74) is 0.753. The number of amides is 1. The van der Waals surface area contributed by atoms with Gasteiger partial charge in [-0.05, 0) is 39.5 Å². The van der Waals surface area contributed by atoms with Crippen LogP contribution in [0.15, 0.2) is 6.07 Å². The van der Waals surface area contributed by atoms with Gasteiger partial charge in [0, 0.05) is 19.2 Å². The molecule has 1 rings (SSSR count). The van der Waals surface area contributed by atoms with Crippen LogP contribution in [-0.2, 0) is 10.3 Å². The largest absolute Gasteiger partial charge is 0.310 e. The summed E-state index contributed by atoms with van der Waals surface area (Å²) in [6.07, 6.45) is 0. The lowest BCUT2D eigenvalue weighted by Crippen LogP contribution is -2.38. The molecule has 0 atom stereocenters. The van der Waals surface area contributed by atoms with Crippen LogP contribution in [0.4, 0.5) is 5.82 Å². The summed E-state index contributed by atoms with van der Waals surface area (Å²) in [4.78, 5) is 14.7. The SMILES string of the molecule is Cc1cc(NC(=O)CN(CC(C)C)CC(C)C)n(C(C)(C)C)n1. The Labute approximate surface area is 141 Å². The molecule has 0 radical (unpaired) electrons. The maximum Gasteiger partial charge on any atom is 0.239 e. The lowest BCUT2D eigenvalue weighted by Gasteiger charge is -2.26. The van der Waals surface area contributed by atoms with Crippen LogP contribution >= 0.6 is 0 Å². The van der Waals surface area contributed by atoms with Crippen LogP contribution in [-0.4, -0.2) is 40.2 Å². The number of carbonyl (C=O) groups is 1. The van der Waals surface area contributed by atoms with Crippen molar-refractivity contribution < 1.29 is 4.79 Å². The van der Waals surface area contributed by atoms with Gasteiger partial charge in [-0.1, -0.05) is 27.7 Å². The third-order valence-corrected chi connectivity index (χ3v) is 3.35. The fraction of sp³-hybridized carbons (Fsp3) is 0.778. The molecule has 0 aliphatic heterocycles. The Balaban J connectivity index is 2.78. The molecule has 0 aliphatic rings. The second-order valence-electron chi connectivity index (χ2n) is 8.28. The number of anilines is 1. The lowest BCUT2D eigenvalue weighted by molar-refractivity contribution is -0.117. The first kappa shape index (κ1) is 19.7. The first-order valence-corrected chi connectivity index (χ1v) is 8.58. The highest BCUT2D eigenvalue weighted by atomic mass is 16.2. The molecule has 132 valence electrons. The molecule has 0 spiro atoms. The molecule has 1 aromatic heterocycles. The molecule has 0 aromatic carbocycles. The van der Waals surface area contributed by atoms with E-state index in [4.69, 9.17) is 0 Å². The Morgan fingerprint density at radius 3 is 2.17 bits per heavy atom. The minimum atomic E-state index is -0.160. The van der Waals surface area contributed by atoms with Gasteiger partial charge in [0.15, 0.2) is 0 Å². The number of aromatic nitrogens is 2. The summed E-state index contributed by atoms with van der Waals surface area (Å²) < 4.78 is 1.88. The Morgan fingerprint density at radius 1 is 1.22 bits per heavy atom. The maximum absolute atomic E-state index is 12.5. The molecular formula is C18H34N4O. The number of aryl methyl sites for hydroxylation is 1. The fourth-order valence-corrected chi connectivity index (χ4v) is 2.72. The zero-order valence-electron chi connectivity index (χ0n) is 16.1. The third kappa shape index (κ3) is 6.73. The van der Waals surface area contributed by atoms with E-state index < -0.39 is 0 Å². The van der Waals surface area contributed by atoms with Gasteiger partial charge in [0.05, 0.1) is 17.8 Å². The predicted molar refractivity (Wildman–Crippen MR) is 96.7 cm³/mol. The van der Waals surface area contributed by atoms with Gasteiger partial charge in [0.25, 0.3) is 0 Å². The van der Waals surface area contributed by atoms with Gasteiger partial charge in [-0.15, -0.1) is 0 Å². The zero-order chi connectivity index (χ0) is 17.8. The molecule has 0 unspecified atom stereocenters. The maximum atomic E-state index is 12.5. The van der Waals surface area contributed by atoms with Crippen molar-refractivity contribution in [1.82, 2.24) is 14.7 Å². The minimum Gasteiger partial charge on any atom is -0.310 e. The first-order chi connectivity index (χ1) is 10.5. The molecule has 1 aromatic rings. The van der Waals surface area contributed by atoms with Gasteiger partial charge in [-0.2, -0.15) is 5.10 Å². The lowest BCUT2D eigenvalue weighted by atomic mass is 10.1. The van der Waals surface area contributed by atoms with E-state index in [0.717, 1.165) is 24.6 Å². The highest BCUT2D eigenvalue weighted by molar-refractivity contribution is 5.91. The summed E-state index contributed by atoms with van der Waals surface area (Å²) in [6, 6.07) is 1.93. The monoisotopic (exact) mass is 322 g/mol. The van der Waals surface area contributed by atoms with E-state index >= 15 is 0 Å². The van der Waals surface area contributed by atoms with Crippen molar-refractivity contribution in [1.29, 1.82) is 0 Å². The normalized spacial score (nSPS) is 12.5. The molecule has 1 amide bonds. The standard InChI is InChI=1S/C18H34N4O/c1-13(2)10-21(11-14(3)4)12-17(23)19-16-9-15(5)20-22(16)18(6,7)8/h9,13-14H,10-12H2,1-8H3,(H,19,23). The third-order valence-electron chi connectivity index (χ3n) is 3.35. The van der Waals surface area contributed by atoms with E-state index in [1.807, 2.05) is 17.7 Å². The molecule has 0 aliphatic carbocycles. The van der Waals surface area contributed by atoms with Gasteiger partial charge < -0.3 is 5.32 Å². The van der Waals surface area contributed by atoms with Crippen molar-refractivity contribution in [2.24, 2.45) is 11.8 Å². The Morgan fingerprint density at radius 2 is 1.74 bits per heavy atom. The molecule has 1 heterocycles. The van der Waals surface area contributed by atoms with Gasteiger partial charge in [-0.25, -0.2) is 4.68 Å². The molecule has 0 saturated heterocycles. The number of hydrogen-bond acceptors (Lipinski definition) is 3. The molecule has 23 heavy (non-hydrogen) atoms. The second-order valence-corrected chi connectivity index (χ2v) is 8.28. The van der Waals surface area contributed by atoms with E-state index in [1.54, 1.807) is 0 Å². The summed E-state index contributed by atoms with van der Waals surface area (Å²) in [7, 11) is 0. The van der Waals surface area contributed by atoms with E-state index in [0.29, 0.717) is 18.4 Å². The molecule has 5 heteroatoms. The van der Waals surface area contributed by atoms with Gasteiger partial charge in [-0.3, -0.25) is 9.69 Å². The van der Waals surface area contributed by atoms with Crippen molar-refractivity contribution in [2.45, 2.75) is 60.9 Å². The molecule has 0 fully saturated rings. The van der Waals surface area contributed by atoms with Gasteiger partial charge in [0.2, 0.25) is 5.91 Å². The van der Waals surface area contributed by atoms with Gasteiger partial charge >= 0.3 is 0 Å². The highest BCUT2D eigenvalue weighted by Gasteiger charge is 2.21. The van der Waals surface area contributed by atoms with Crippen LogP contribution in [0.1, 0.15) is 54.2 Å². The molecule has 5 nitrogen and oxygen atoms in total. The van der Waals surface area contributed by atoms with Crippen molar-refractivity contribution >= 4 is 11.7 Å². The van der Waals surface area contributed by atoms with E-state index in [1.165, 1.54) is 0 Å². The van der Waals surface area contributed by atoms with Crippen LogP contribution in [0, 0.1) is 18.8 Å². The number of nitrogens with one attached hydrogen (secondary N) is 1. The van der Waals surface area contributed by atoms with Gasteiger partial charge in [0.1, 0.15) is 5.82 Å².